The Kier molecular flexibility index (Phi) is 5.12. The number of nitrogens with one attached hydrogen (secondary N) is 1. The first-order valence-corrected chi connectivity index (χ1v) is 8.40. The van der Waals surface area contributed by atoms with Crippen LogP contribution in [0.5, 0.6) is 0 Å². The quantitative estimate of drug-likeness (QED) is 0.808. The van der Waals surface area contributed by atoms with E-state index in [9.17, 15) is 13.8 Å². The lowest BCUT2D eigenvalue weighted by Crippen LogP contribution is -2.69. The maximum absolute atomic E-state index is 12.6. The summed E-state index contributed by atoms with van der Waals surface area (Å²) in [7, 11) is -0.881. The van der Waals surface area contributed by atoms with Crippen LogP contribution in [0.25, 0.3) is 0 Å². The Morgan fingerprint density at radius 2 is 2.05 bits per heavy atom. The molecule has 0 spiro atoms. The van der Waals surface area contributed by atoms with Gasteiger partial charge in [0.05, 0.1) is 0 Å². The highest BCUT2D eigenvalue weighted by atomic mass is 32.2. The third-order valence-corrected chi connectivity index (χ3v) is 4.72. The first kappa shape index (κ1) is 16.1. The summed E-state index contributed by atoms with van der Waals surface area (Å²) in [6, 6.07) is -0.546. The zero-order valence-corrected chi connectivity index (χ0v) is 13.2. The summed E-state index contributed by atoms with van der Waals surface area (Å²) in [6.07, 6.45) is 2.86. The largest absolute Gasteiger partial charge is 0.340 e. The van der Waals surface area contributed by atoms with E-state index in [2.05, 4.69) is 5.32 Å². The van der Waals surface area contributed by atoms with Crippen LogP contribution in [-0.2, 0) is 20.4 Å². The standard InChI is InChI=1S/C13H24N2O3S/c1-6-13(4)12(17)15(10(3)11(16)14-13)9(2)7-8-19(5)18/h9-10H,6-8H2,1-5H3,(H,14,16). The molecule has 2 amide bonds. The molecule has 1 heterocycles. The van der Waals surface area contributed by atoms with E-state index >= 15 is 0 Å². The third-order valence-electron chi connectivity index (χ3n) is 3.91. The molecular weight excluding hydrogens is 264 g/mol. The van der Waals surface area contributed by atoms with E-state index in [0.717, 1.165) is 0 Å². The number of amides is 2. The Hall–Kier alpha value is -0.910. The average Bonchev–Trinajstić information content (AvgIpc) is 2.34. The van der Waals surface area contributed by atoms with E-state index in [4.69, 9.17) is 0 Å². The van der Waals surface area contributed by atoms with Gasteiger partial charge < -0.3 is 10.2 Å². The number of hydrogen-bond donors (Lipinski definition) is 1. The molecule has 1 fully saturated rings. The van der Waals surface area contributed by atoms with Crippen LogP contribution < -0.4 is 5.32 Å². The van der Waals surface area contributed by atoms with Crippen LogP contribution in [0.15, 0.2) is 0 Å². The summed E-state index contributed by atoms with van der Waals surface area (Å²) < 4.78 is 11.2. The van der Waals surface area contributed by atoms with Crippen LogP contribution in [0.3, 0.4) is 0 Å². The zero-order chi connectivity index (χ0) is 14.8. The second-order valence-electron chi connectivity index (χ2n) is 5.48. The van der Waals surface area contributed by atoms with Crippen molar-refractivity contribution in [1.82, 2.24) is 10.2 Å². The van der Waals surface area contributed by atoms with Gasteiger partial charge >= 0.3 is 0 Å². The minimum absolute atomic E-state index is 0.0449. The molecule has 5 nitrogen and oxygen atoms in total. The first-order chi connectivity index (χ1) is 8.73. The van der Waals surface area contributed by atoms with E-state index in [-0.39, 0.29) is 17.9 Å². The number of carbonyl (C=O) groups is 2. The fourth-order valence-corrected chi connectivity index (χ4v) is 2.99. The molecule has 0 aliphatic carbocycles. The molecule has 0 saturated carbocycles. The van der Waals surface area contributed by atoms with Crippen molar-refractivity contribution in [3.8, 4) is 0 Å². The predicted octanol–water partition coefficient (Wildman–Crippen LogP) is 0.659. The number of piperazine rings is 1. The van der Waals surface area contributed by atoms with Crippen LogP contribution in [0, 0.1) is 0 Å². The van der Waals surface area contributed by atoms with Crippen molar-refractivity contribution >= 4 is 22.6 Å². The number of rotatable bonds is 5. The summed E-state index contributed by atoms with van der Waals surface area (Å²) in [5.41, 5.74) is -0.816. The Bertz CT molecular complexity index is 399. The molecule has 0 bridgehead atoms. The molecule has 0 aromatic rings. The minimum atomic E-state index is -0.881. The van der Waals surface area contributed by atoms with Crippen LogP contribution in [0.2, 0.25) is 0 Å². The fraction of sp³-hybridized carbons (Fsp3) is 0.846. The van der Waals surface area contributed by atoms with Gasteiger partial charge in [0.1, 0.15) is 11.6 Å². The maximum Gasteiger partial charge on any atom is 0.248 e. The number of carbonyl (C=O) groups excluding carboxylic acids is 2. The van der Waals surface area contributed by atoms with Gasteiger partial charge in [0, 0.05) is 28.9 Å². The highest BCUT2D eigenvalue weighted by Gasteiger charge is 2.46. The summed E-state index contributed by atoms with van der Waals surface area (Å²) in [5.74, 6) is 0.382. The van der Waals surface area contributed by atoms with Gasteiger partial charge in [-0.05, 0) is 33.6 Å². The van der Waals surface area contributed by atoms with E-state index in [1.54, 1.807) is 25.0 Å². The van der Waals surface area contributed by atoms with Gasteiger partial charge in [-0.25, -0.2) is 0 Å². The average molecular weight is 288 g/mol. The molecule has 19 heavy (non-hydrogen) atoms. The smallest absolute Gasteiger partial charge is 0.248 e. The summed E-state index contributed by atoms with van der Waals surface area (Å²) in [4.78, 5) is 26.2. The molecular formula is C13H24N2O3S. The van der Waals surface area contributed by atoms with Gasteiger partial charge in [-0.15, -0.1) is 0 Å². The molecule has 0 radical (unpaired) electrons. The SMILES string of the molecule is CCC1(C)NC(=O)C(C)N(C(C)CCS(C)=O)C1=O. The molecule has 4 unspecified atom stereocenters. The second kappa shape index (κ2) is 6.03. The van der Waals surface area contributed by atoms with Crippen molar-refractivity contribution in [3.05, 3.63) is 0 Å². The molecule has 1 rings (SSSR count). The van der Waals surface area contributed by atoms with Crippen LogP contribution in [0.1, 0.15) is 40.5 Å². The van der Waals surface area contributed by atoms with Crippen molar-refractivity contribution < 1.29 is 13.8 Å². The maximum atomic E-state index is 12.6. The summed E-state index contributed by atoms with van der Waals surface area (Å²) >= 11 is 0. The highest BCUT2D eigenvalue weighted by Crippen LogP contribution is 2.24. The molecule has 1 aliphatic rings. The predicted molar refractivity (Wildman–Crippen MR) is 76.2 cm³/mol. The lowest BCUT2D eigenvalue weighted by molar-refractivity contribution is -0.156. The first-order valence-electron chi connectivity index (χ1n) is 6.67. The normalized spacial score (nSPS) is 31.0. The lowest BCUT2D eigenvalue weighted by atomic mass is 9.91. The minimum Gasteiger partial charge on any atom is -0.340 e. The Balaban J connectivity index is 2.91. The summed E-state index contributed by atoms with van der Waals surface area (Å²) in [6.45, 7) is 7.30. The Morgan fingerprint density at radius 1 is 1.47 bits per heavy atom. The van der Waals surface area contributed by atoms with Crippen molar-refractivity contribution in [2.24, 2.45) is 0 Å². The Morgan fingerprint density at radius 3 is 2.53 bits per heavy atom. The summed E-state index contributed by atoms with van der Waals surface area (Å²) in [5, 5.41) is 2.80. The molecule has 1 N–H and O–H groups in total. The van der Waals surface area contributed by atoms with Crippen LogP contribution in [0.4, 0.5) is 0 Å². The number of nitrogens with zero attached hydrogens (tertiary/aromatic N) is 1. The topological polar surface area (TPSA) is 66.5 Å². The van der Waals surface area contributed by atoms with E-state index in [1.165, 1.54) is 0 Å². The van der Waals surface area contributed by atoms with Gasteiger partial charge in [-0.3, -0.25) is 13.8 Å². The molecule has 6 heteroatoms. The van der Waals surface area contributed by atoms with Crippen LogP contribution >= 0.6 is 0 Å². The van der Waals surface area contributed by atoms with Crippen molar-refractivity contribution in [1.29, 1.82) is 0 Å². The van der Waals surface area contributed by atoms with Crippen molar-refractivity contribution in [3.63, 3.8) is 0 Å². The van der Waals surface area contributed by atoms with Crippen LogP contribution in [-0.4, -0.2) is 50.6 Å². The molecule has 0 aromatic carbocycles. The monoisotopic (exact) mass is 288 g/mol. The van der Waals surface area contributed by atoms with Gasteiger partial charge in [-0.2, -0.15) is 0 Å². The van der Waals surface area contributed by atoms with Gasteiger partial charge in [0.2, 0.25) is 11.8 Å². The zero-order valence-electron chi connectivity index (χ0n) is 12.4. The fourth-order valence-electron chi connectivity index (χ4n) is 2.31. The second-order valence-corrected chi connectivity index (χ2v) is 7.03. The third kappa shape index (κ3) is 3.35. The highest BCUT2D eigenvalue weighted by molar-refractivity contribution is 7.84. The van der Waals surface area contributed by atoms with E-state index < -0.39 is 22.4 Å². The molecule has 0 aromatic heterocycles. The van der Waals surface area contributed by atoms with E-state index in [1.807, 2.05) is 13.8 Å². The van der Waals surface area contributed by atoms with E-state index in [0.29, 0.717) is 18.6 Å². The van der Waals surface area contributed by atoms with Gasteiger partial charge in [0.15, 0.2) is 0 Å². The lowest BCUT2D eigenvalue weighted by Gasteiger charge is -2.45. The Labute approximate surface area is 117 Å². The number of hydrogen-bond acceptors (Lipinski definition) is 3. The molecule has 1 aliphatic heterocycles. The molecule has 4 atom stereocenters. The van der Waals surface area contributed by atoms with Crippen molar-refractivity contribution in [2.45, 2.75) is 58.2 Å². The van der Waals surface area contributed by atoms with Crippen molar-refractivity contribution in [2.75, 3.05) is 12.0 Å². The van der Waals surface area contributed by atoms with Gasteiger partial charge in [-0.1, -0.05) is 6.92 Å². The van der Waals surface area contributed by atoms with Gasteiger partial charge in [0.25, 0.3) is 0 Å². The molecule has 1 saturated heterocycles. The molecule has 110 valence electrons.